The predicted molar refractivity (Wildman–Crippen MR) is 104 cm³/mol. The van der Waals surface area contributed by atoms with Crippen molar-refractivity contribution in [3.63, 3.8) is 0 Å². The molecule has 27 heavy (non-hydrogen) atoms. The van der Waals surface area contributed by atoms with Gasteiger partial charge >= 0.3 is 0 Å². The second-order valence-corrected chi connectivity index (χ2v) is 8.96. The van der Waals surface area contributed by atoms with Crippen molar-refractivity contribution in [2.75, 3.05) is 0 Å². The van der Waals surface area contributed by atoms with Crippen molar-refractivity contribution in [3.05, 3.63) is 59.7 Å². The number of hydrogen-bond acceptors (Lipinski definition) is 4. The van der Waals surface area contributed by atoms with Gasteiger partial charge in [-0.2, -0.15) is 16.8 Å². The Kier molecular flexibility index (Phi) is 9.31. The molecule has 2 rings (SSSR count). The standard InChI is InChI=1S/C18H22O6S2.K/c1-3-17(13-5-9-15(10-6-13)25(19,20)21)18(4-2)14-7-11-16(12-8-14)26(22,23)24;/h5-12,17-18H,3-4H2,1-2H3,(H,19,20,21)(H,22,23,24);. The Morgan fingerprint density at radius 1 is 0.667 bits per heavy atom. The van der Waals surface area contributed by atoms with Crippen molar-refractivity contribution in [1.29, 1.82) is 0 Å². The fourth-order valence-electron chi connectivity index (χ4n) is 3.28. The van der Waals surface area contributed by atoms with Crippen LogP contribution in [0.2, 0.25) is 0 Å². The SMILES string of the molecule is CCC(c1ccc(S(=O)(=O)O)cc1)C(CC)c1ccc(S(=O)(=O)O)cc1.[K]. The zero-order valence-electron chi connectivity index (χ0n) is 15.5. The van der Waals surface area contributed by atoms with E-state index < -0.39 is 20.2 Å². The van der Waals surface area contributed by atoms with Gasteiger partial charge in [0, 0.05) is 51.4 Å². The minimum atomic E-state index is -4.23. The summed E-state index contributed by atoms with van der Waals surface area (Å²) >= 11 is 0. The predicted octanol–water partition coefficient (Wildman–Crippen LogP) is 3.49. The molecule has 0 aliphatic heterocycles. The van der Waals surface area contributed by atoms with Crippen molar-refractivity contribution >= 4 is 71.6 Å². The zero-order valence-corrected chi connectivity index (χ0v) is 20.3. The van der Waals surface area contributed by atoms with Gasteiger partial charge in [-0.25, -0.2) is 0 Å². The molecule has 2 aromatic rings. The summed E-state index contributed by atoms with van der Waals surface area (Å²) in [6, 6.07) is 12.3. The molecule has 1 radical (unpaired) electrons. The molecule has 143 valence electrons. The molecule has 0 fully saturated rings. The molecule has 0 spiro atoms. The van der Waals surface area contributed by atoms with Crippen LogP contribution < -0.4 is 0 Å². The first kappa shape index (κ1) is 24.9. The van der Waals surface area contributed by atoms with E-state index >= 15 is 0 Å². The van der Waals surface area contributed by atoms with Gasteiger partial charge in [0.05, 0.1) is 9.79 Å². The monoisotopic (exact) mass is 437 g/mol. The smallest absolute Gasteiger partial charge is 0.282 e. The fraction of sp³-hybridized carbons (Fsp3) is 0.333. The Morgan fingerprint density at radius 3 is 1.11 bits per heavy atom. The van der Waals surface area contributed by atoms with Gasteiger partial charge < -0.3 is 0 Å². The maximum atomic E-state index is 11.2. The third kappa shape index (κ3) is 6.45. The Bertz CT molecular complexity index is 870. The van der Waals surface area contributed by atoms with Gasteiger partial charge in [-0.15, -0.1) is 0 Å². The van der Waals surface area contributed by atoms with E-state index in [2.05, 4.69) is 0 Å². The molecule has 0 aromatic heterocycles. The summed E-state index contributed by atoms with van der Waals surface area (Å²) in [7, 11) is -8.46. The molecule has 2 atom stereocenters. The summed E-state index contributed by atoms with van der Waals surface area (Å²) in [6.07, 6.45) is 1.59. The van der Waals surface area contributed by atoms with E-state index in [1.807, 2.05) is 13.8 Å². The van der Waals surface area contributed by atoms with Crippen molar-refractivity contribution in [2.24, 2.45) is 0 Å². The molecule has 0 amide bonds. The maximum Gasteiger partial charge on any atom is 0.294 e. The second-order valence-electron chi connectivity index (χ2n) is 6.12. The Labute approximate surface area is 203 Å². The van der Waals surface area contributed by atoms with Crippen LogP contribution in [0.1, 0.15) is 49.7 Å². The summed E-state index contributed by atoms with van der Waals surface area (Å²) in [5, 5.41) is 0. The van der Waals surface area contributed by atoms with Crippen LogP contribution in [0.25, 0.3) is 0 Å². The average molecular weight is 438 g/mol. The summed E-state index contributed by atoms with van der Waals surface area (Å²) in [5.41, 5.74) is 1.87. The summed E-state index contributed by atoms with van der Waals surface area (Å²) in [4.78, 5) is -0.302. The molecule has 6 nitrogen and oxygen atoms in total. The van der Waals surface area contributed by atoms with Gasteiger partial charge in [-0.05, 0) is 60.1 Å². The summed E-state index contributed by atoms with van der Waals surface area (Å²) in [5.74, 6) is 0.180. The molecule has 0 aliphatic rings. The van der Waals surface area contributed by atoms with Crippen molar-refractivity contribution in [2.45, 2.75) is 48.3 Å². The van der Waals surface area contributed by atoms with Gasteiger partial charge in [0.25, 0.3) is 20.2 Å². The third-order valence-corrected chi connectivity index (χ3v) is 6.31. The molecule has 0 heterocycles. The molecular weight excluding hydrogens is 415 g/mol. The molecule has 0 bridgehead atoms. The first-order valence-corrected chi connectivity index (χ1v) is 11.1. The van der Waals surface area contributed by atoms with E-state index in [9.17, 15) is 16.8 Å². The van der Waals surface area contributed by atoms with Crippen LogP contribution >= 0.6 is 0 Å². The molecule has 0 saturated heterocycles. The van der Waals surface area contributed by atoms with Crippen molar-refractivity contribution in [3.8, 4) is 0 Å². The molecule has 2 N–H and O–H groups in total. The molecule has 2 unspecified atom stereocenters. The molecule has 2 aromatic carbocycles. The van der Waals surface area contributed by atoms with Crippen LogP contribution in [0.3, 0.4) is 0 Å². The van der Waals surface area contributed by atoms with Gasteiger partial charge in [0.15, 0.2) is 0 Å². The van der Waals surface area contributed by atoms with E-state index in [1.165, 1.54) is 24.3 Å². The average Bonchev–Trinajstić information content (AvgIpc) is 2.58. The molecule has 0 aliphatic carbocycles. The van der Waals surface area contributed by atoms with Crippen LogP contribution in [0.5, 0.6) is 0 Å². The van der Waals surface area contributed by atoms with Crippen molar-refractivity contribution < 1.29 is 25.9 Å². The quantitative estimate of drug-likeness (QED) is 0.507. The number of rotatable bonds is 7. The third-order valence-electron chi connectivity index (χ3n) is 4.58. The van der Waals surface area contributed by atoms with E-state index in [4.69, 9.17) is 9.11 Å². The first-order valence-electron chi connectivity index (χ1n) is 8.22. The maximum absolute atomic E-state index is 11.2. The minimum Gasteiger partial charge on any atom is -0.282 e. The van der Waals surface area contributed by atoms with E-state index in [0.29, 0.717) is 0 Å². The van der Waals surface area contributed by atoms with E-state index in [0.717, 1.165) is 24.0 Å². The van der Waals surface area contributed by atoms with Crippen LogP contribution in [0.15, 0.2) is 58.3 Å². The molecule has 9 heteroatoms. The Morgan fingerprint density at radius 2 is 0.926 bits per heavy atom. The van der Waals surface area contributed by atoms with Crippen LogP contribution in [-0.4, -0.2) is 77.3 Å². The van der Waals surface area contributed by atoms with Gasteiger partial charge in [0.1, 0.15) is 0 Å². The minimum absolute atomic E-state index is 0. The number of benzene rings is 2. The zero-order chi connectivity index (χ0) is 19.5. The normalized spacial score (nSPS) is 14.2. The van der Waals surface area contributed by atoms with Crippen LogP contribution in [-0.2, 0) is 20.2 Å². The number of hydrogen-bond donors (Lipinski definition) is 2. The molecule has 0 saturated carbocycles. The Hall–Kier alpha value is -0.104. The summed E-state index contributed by atoms with van der Waals surface area (Å²) in [6.45, 7) is 4.05. The van der Waals surface area contributed by atoms with E-state index in [-0.39, 0.29) is 73.0 Å². The molecular formula is C18H22KO6S2. The van der Waals surface area contributed by atoms with Crippen LogP contribution in [0.4, 0.5) is 0 Å². The van der Waals surface area contributed by atoms with E-state index in [1.54, 1.807) is 24.3 Å². The fourth-order valence-corrected chi connectivity index (χ4v) is 4.24. The topological polar surface area (TPSA) is 109 Å². The van der Waals surface area contributed by atoms with Crippen molar-refractivity contribution in [1.82, 2.24) is 0 Å². The van der Waals surface area contributed by atoms with Crippen LogP contribution in [0, 0.1) is 0 Å². The second kappa shape index (κ2) is 10.1. The van der Waals surface area contributed by atoms with Gasteiger partial charge in [-0.1, -0.05) is 38.1 Å². The van der Waals surface area contributed by atoms with Gasteiger partial charge in [0.2, 0.25) is 0 Å². The first-order chi connectivity index (χ1) is 12.1. The van der Waals surface area contributed by atoms with Gasteiger partial charge in [-0.3, -0.25) is 9.11 Å². The Balaban J connectivity index is 0.00000364. The largest absolute Gasteiger partial charge is 0.294 e. The summed E-state index contributed by atoms with van der Waals surface area (Å²) < 4.78 is 63.0.